The molecule has 2 fully saturated rings. The number of nitrogens with two attached hydrogens (primary N) is 1. The number of rotatable bonds is 17. The molecular formula is C41H50N12O7. The van der Waals surface area contributed by atoms with Crippen LogP contribution in [0.5, 0.6) is 5.75 Å². The maximum absolute atomic E-state index is 13.4. The number of carbonyl (C=O) groups is 6. The molecule has 60 heavy (non-hydrogen) atoms. The molecule has 3 aliphatic heterocycles. The van der Waals surface area contributed by atoms with Gasteiger partial charge < -0.3 is 30.9 Å². The summed E-state index contributed by atoms with van der Waals surface area (Å²) in [7, 11) is 4.62. The first-order chi connectivity index (χ1) is 28.9. The van der Waals surface area contributed by atoms with Gasteiger partial charge in [0.15, 0.2) is 11.6 Å². The second-order valence-electron chi connectivity index (χ2n) is 14.9. The second kappa shape index (κ2) is 18.9. The fraction of sp³-hybridized carbons (Fsp3) is 0.415. The van der Waals surface area contributed by atoms with Gasteiger partial charge in [0, 0.05) is 51.9 Å². The van der Waals surface area contributed by atoms with Gasteiger partial charge in [-0.15, -0.1) is 0 Å². The van der Waals surface area contributed by atoms with Crippen molar-refractivity contribution >= 4 is 58.9 Å². The minimum atomic E-state index is -1.06. The number of hydrogen-bond acceptors (Lipinski definition) is 13. The average molecular weight is 823 g/mol. The van der Waals surface area contributed by atoms with E-state index in [0.717, 1.165) is 49.6 Å². The van der Waals surface area contributed by atoms with Crippen molar-refractivity contribution in [3.63, 3.8) is 0 Å². The lowest BCUT2D eigenvalue weighted by molar-refractivity contribution is -0.128. The summed E-state index contributed by atoms with van der Waals surface area (Å²) in [5.74, 6) is -1.31. The minimum Gasteiger partial charge on any atom is -0.494 e. The summed E-state index contributed by atoms with van der Waals surface area (Å²) in [6, 6.07) is 9.34. The Hall–Kier alpha value is -6.76. The summed E-state index contributed by atoms with van der Waals surface area (Å²) in [5, 5.41) is 20.4. The zero-order valence-electron chi connectivity index (χ0n) is 34.1. The average Bonchev–Trinajstić information content (AvgIpc) is 3.77. The molecule has 6 N–H and O–H groups in total. The standard InChI is InChI=1S/C41H50N12O7/c1-5-7-32(38(56)46-23-54)53-40(58)27-11-10-26(18-29(27)41(53)59)52-20-25(21-52)24-12-15-51(16-13-24)17-14-34(55)48-33(42)19-31(35(43)39(57)44-2)47-30-9-6-8-28(36(30)60-4)37-45-22-50(3)49-37/h6,8-11,18-19,22-25,32,43,47H,5,7,12-17,20-21H2,1-4H3,(H,44,57)(H2,42,48,55)(H,46,54,56)/b31-19+,43-35?. The van der Waals surface area contributed by atoms with Crippen LogP contribution in [0.2, 0.25) is 0 Å². The van der Waals surface area contributed by atoms with E-state index in [4.69, 9.17) is 15.9 Å². The van der Waals surface area contributed by atoms with Crippen molar-refractivity contribution < 1.29 is 33.5 Å². The Labute approximate surface area is 346 Å². The lowest BCUT2D eigenvalue weighted by Crippen LogP contribution is -2.52. The number of carbonyl (C=O) groups excluding carboxylic acids is 6. The Balaban J connectivity index is 1.01. The van der Waals surface area contributed by atoms with E-state index in [9.17, 15) is 28.8 Å². The van der Waals surface area contributed by atoms with Crippen LogP contribution in [-0.2, 0) is 26.2 Å². The van der Waals surface area contributed by atoms with Crippen molar-refractivity contribution in [2.75, 3.05) is 57.1 Å². The highest BCUT2D eigenvalue weighted by Gasteiger charge is 2.43. The summed E-state index contributed by atoms with van der Waals surface area (Å²) in [4.78, 5) is 89.2. The predicted octanol–water partition coefficient (Wildman–Crippen LogP) is 1.71. The van der Waals surface area contributed by atoms with Gasteiger partial charge >= 0.3 is 0 Å². The number of benzene rings is 2. The first-order valence-electron chi connectivity index (χ1n) is 19.8. The number of likely N-dealkylation sites (tertiary alicyclic amines) is 1. The van der Waals surface area contributed by atoms with Crippen molar-refractivity contribution in [1.29, 1.82) is 5.41 Å². The van der Waals surface area contributed by atoms with E-state index in [1.54, 1.807) is 48.4 Å². The largest absolute Gasteiger partial charge is 0.494 e. The first kappa shape index (κ1) is 42.8. The smallest absolute Gasteiger partial charge is 0.271 e. The highest BCUT2D eigenvalue weighted by atomic mass is 16.5. The van der Waals surface area contributed by atoms with E-state index >= 15 is 0 Å². The monoisotopic (exact) mass is 822 g/mol. The molecule has 19 heteroatoms. The first-order valence-corrected chi connectivity index (χ1v) is 19.8. The maximum atomic E-state index is 13.4. The van der Waals surface area contributed by atoms with Crippen LogP contribution in [0.25, 0.3) is 11.4 Å². The van der Waals surface area contributed by atoms with Crippen LogP contribution in [0.3, 0.4) is 0 Å². The van der Waals surface area contributed by atoms with Crippen molar-refractivity contribution in [1.82, 2.24) is 35.2 Å². The van der Waals surface area contributed by atoms with Gasteiger partial charge in [-0.3, -0.25) is 49.1 Å². The van der Waals surface area contributed by atoms with Gasteiger partial charge in [0.25, 0.3) is 17.7 Å². The Morgan fingerprint density at radius 1 is 1.07 bits per heavy atom. The Kier molecular flexibility index (Phi) is 13.5. The number of piperidine rings is 1. The second-order valence-corrected chi connectivity index (χ2v) is 14.9. The molecule has 6 rings (SSSR count). The summed E-state index contributed by atoms with van der Waals surface area (Å²) in [6.45, 7) is 5.60. The molecule has 0 saturated carbocycles. The van der Waals surface area contributed by atoms with Gasteiger partial charge in [0.1, 0.15) is 23.9 Å². The molecule has 4 heterocycles. The van der Waals surface area contributed by atoms with Crippen molar-refractivity contribution in [2.24, 2.45) is 29.6 Å². The molecule has 0 bridgehead atoms. The number of para-hydroxylation sites is 1. The van der Waals surface area contributed by atoms with Gasteiger partial charge in [0.05, 0.1) is 35.2 Å². The molecule has 0 spiro atoms. The summed E-state index contributed by atoms with van der Waals surface area (Å²) in [5.41, 5.74) is 8.07. The van der Waals surface area contributed by atoms with Crippen molar-refractivity contribution in [3.05, 3.63) is 65.6 Å². The van der Waals surface area contributed by atoms with Gasteiger partial charge in [-0.2, -0.15) is 10.1 Å². The molecule has 2 saturated heterocycles. The molecule has 1 unspecified atom stereocenters. The molecule has 0 radical (unpaired) electrons. The highest BCUT2D eigenvalue weighted by Crippen LogP contribution is 2.38. The SMILES string of the molecule is CCCC(C(=O)NC=O)N1C(=O)c2ccc(N3CC(C4CCN(CCC(=O)N=C(N)/C=C(/Nc5cccc(-c6ncn(C)n6)c5OC)C(=N)C(=O)NC)CC4)C3)cc2C1=O. The van der Waals surface area contributed by atoms with Crippen LogP contribution in [0.4, 0.5) is 11.4 Å². The number of hydrogen-bond donors (Lipinski definition) is 5. The number of methoxy groups -OCH3 is 1. The maximum Gasteiger partial charge on any atom is 0.271 e. The van der Waals surface area contributed by atoms with E-state index in [-0.39, 0.29) is 41.9 Å². The van der Waals surface area contributed by atoms with Crippen LogP contribution < -0.4 is 31.3 Å². The Morgan fingerprint density at radius 2 is 1.80 bits per heavy atom. The van der Waals surface area contributed by atoms with Crippen LogP contribution in [-0.4, -0.2) is 125 Å². The number of ether oxygens (including phenoxy) is 1. The number of aryl methyl sites for hydroxylation is 1. The van der Waals surface area contributed by atoms with E-state index in [2.05, 4.69) is 40.8 Å². The third-order valence-electron chi connectivity index (χ3n) is 11.1. The van der Waals surface area contributed by atoms with Crippen LogP contribution in [0.1, 0.15) is 59.7 Å². The predicted molar refractivity (Wildman–Crippen MR) is 222 cm³/mol. The number of amides is 6. The highest BCUT2D eigenvalue weighted by molar-refractivity contribution is 6.45. The number of amidine groups is 1. The number of nitrogens with one attached hydrogen (secondary N) is 4. The number of nitrogens with zero attached hydrogens (tertiary/aromatic N) is 7. The zero-order valence-corrected chi connectivity index (χ0v) is 34.1. The lowest BCUT2D eigenvalue weighted by atomic mass is 9.79. The summed E-state index contributed by atoms with van der Waals surface area (Å²) in [6.07, 6.45) is 5.93. The quantitative estimate of drug-likeness (QED) is 0.0564. The molecule has 3 aromatic rings. The lowest BCUT2D eigenvalue weighted by Gasteiger charge is -2.47. The minimum absolute atomic E-state index is 0.00529. The fourth-order valence-corrected chi connectivity index (χ4v) is 7.89. The van der Waals surface area contributed by atoms with Gasteiger partial charge in [-0.05, 0) is 74.5 Å². The number of anilines is 2. The van der Waals surface area contributed by atoms with Crippen LogP contribution in [0.15, 0.2) is 59.5 Å². The number of aromatic nitrogens is 3. The molecule has 19 nitrogen and oxygen atoms in total. The Morgan fingerprint density at radius 3 is 2.45 bits per heavy atom. The third-order valence-corrected chi connectivity index (χ3v) is 11.1. The van der Waals surface area contributed by atoms with Crippen LogP contribution >= 0.6 is 0 Å². The van der Waals surface area contributed by atoms with E-state index in [0.29, 0.717) is 47.6 Å². The topological polar surface area (TPSA) is 250 Å². The van der Waals surface area contributed by atoms with Gasteiger partial charge in [-0.25, -0.2) is 4.98 Å². The fourth-order valence-electron chi connectivity index (χ4n) is 7.89. The molecule has 3 aliphatic rings. The molecule has 2 aromatic carbocycles. The third kappa shape index (κ3) is 9.25. The zero-order chi connectivity index (χ0) is 43.1. The molecule has 1 aromatic heterocycles. The van der Waals surface area contributed by atoms with E-state index in [1.165, 1.54) is 20.2 Å². The van der Waals surface area contributed by atoms with Crippen molar-refractivity contribution in [2.45, 2.75) is 45.1 Å². The number of aliphatic imine (C=N–C) groups is 1. The van der Waals surface area contributed by atoms with Crippen molar-refractivity contribution in [3.8, 4) is 17.1 Å². The summed E-state index contributed by atoms with van der Waals surface area (Å²) >= 11 is 0. The molecular weight excluding hydrogens is 773 g/mol. The summed E-state index contributed by atoms with van der Waals surface area (Å²) < 4.78 is 7.21. The van der Waals surface area contributed by atoms with Gasteiger partial charge in [0.2, 0.25) is 18.2 Å². The normalized spacial score (nSPS) is 16.9. The van der Waals surface area contributed by atoms with E-state index < -0.39 is 41.3 Å². The molecule has 316 valence electrons. The molecule has 0 aliphatic carbocycles. The van der Waals surface area contributed by atoms with Crippen LogP contribution in [0, 0.1) is 17.2 Å². The van der Waals surface area contributed by atoms with Gasteiger partial charge in [-0.1, -0.05) is 19.4 Å². The Bertz CT molecular complexity index is 2240. The molecule has 6 amide bonds. The number of fused-ring (bicyclic) bond motifs is 1. The molecule has 1 atom stereocenters. The van der Waals surface area contributed by atoms with E-state index in [1.807, 2.05) is 13.0 Å². The number of imide groups is 2.